The smallest absolute Gasteiger partial charge is 0.307 e. The molecule has 0 aliphatic rings. The first-order valence-electron chi connectivity index (χ1n) is 6.67. The molecule has 0 radical (unpaired) electrons. The van der Waals surface area contributed by atoms with Crippen molar-refractivity contribution < 1.29 is 14.6 Å². The highest BCUT2D eigenvalue weighted by atomic mass is 16.5. The molecule has 0 spiro atoms. The molecule has 2 rings (SSSR count). The third-order valence-electron chi connectivity index (χ3n) is 3.29. The Morgan fingerprint density at radius 2 is 1.90 bits per heavy atom. The van der Waals surface area contributed by atoms with Crippen molar-refractivity contribution in [2.75, 3.05) is 7.11 Å². The van der Waals surface area contributed by atoms with Crippen molar-refractivity contribution in [3.8, 4) is 5.75 Å². The van der Waals surface area contributed by atoms with E-state index >= 15 is 0 Å². The molecule has 0 aliphatic heterocycles. The van der Waals surface area contributed by atoms with Crippen LogP contribution >= 0.6 is 0 Å². The van der Waals surface area contributed by atoms with Crippen LogP contribution in [0.3, 0.4) is 0 Å². The third kappa shape index (κ3) is 3.78. The van der Waals surface area contributed by atoms with E-state index < -0.39 is 5.97 Å². The van der Waals surface area contributed by atoms with Crippen molar-refractivity contribution >= 4 is 5.97 Å². The Labute approximate surface area is 123 Å². The number of aliphatic carboxylic acids is 1. The summed E-state index contributed by atoms with van der Waals surface area (Å²) < 4.78 is 5.20. The highest BCUT2D eigenvalue weighted by Gasteiger charge is 2.12. The summed E-state index contributed by atoms with van der Waals surface area (Å²) in [7, 11) is 1.63. The summed E-state index contributed by atoms with van der Waals surface area (Å²) in [6.07, 6.45) is 0.545. The van der Waals surface area contributed by atoms with Crippen LogP contribution in [-0.2, 0) is 17.6 Å². The Balaban J connectivity index is 2.27. The van der Waals surface area contributed by atoms with E-state index in [1.54, 1.807) is 7.11 Å². The zero-order chi connectivity index (χ0) is 15.4. The second-order valence-corrected chi connectivity index (χ2v) is 4.89. The monoisotopic (exact) mass is 286 g/mol. The van der Waals surface area contributed by atoms with E-state index in [0.717, 1.165) is 22.7 Å². The molecule has 21 heavy (non-hydrogen) atoms. The molecule has 110 valence electrons. The summed E-state index contributed by atoms with van der Waals surface area (Å²) in [5, 5.41) is 8.91. The average Bonchev–Trinajstić information content (AvgIpc) is 2.43. The minimum atomic E-state index is -0.870. The Morgan fingerprint density at radius 3 is 2.48 bits per heavy atom. The van der Waals surface area contributed by atoms with Gasteiger partial charge in [-0.1, -0.05) is 12.1 Å². The highest BCUT2D eigenvalue weighted by Crippen LogP contribution is 2.17. The normalized spacial score (nSPS) is 10.4. The van der Waals surface area contributed by atoms with Crippen LogP contribution in [0.25, 0.3) is 0 Å². The predicted molar refractivity (Wildman–Crippen MR) is 78.6 cm³/mol. The van der Waals surface area contributed by atoms with Gasteiger partial charge in [0, 0.05) is 23.4 Å². The van der Waals surface area contributed by atoms with Crippen LogP contribution in [0.4, 0.5) is 0 Å². The Kier molecular flexibility index (Phi) is 4.52. The summed E-state index contributed by atoms with van der Waals surface area (Å²) >= 11 is 0. The molecule has 0 unspecified atom stereocenters. The first-order valence-corrected chi connectivity index (χ1v) is 6.67. The topological polar surface area (TPSA) is 72.3 Å². The van der Waals surface area contributed by atoms with Crippen LogP contribution in [0.1, 0.15) is 28.3 Å². The fourth-order valence-corrected chi connectivity index (χ4v) is 2.26. The average molecular weight is 286 g/mol. The van der Waals surface area contributed by atoms with Gasteiger partial charge in [-0.15, -0.1) is 0 Å². The van der Waals surface area contributed by atoms with Gasteiger partial charge in [-0.05, 0) is 31.5 Å². The molecule has 0 fully saturated rings. The minimum Gasteiger partial charge on any atom is -0.497 e. The fraction of sp³-hybridized carbons (Fsp3) is 0.312. The molecule has 0 amide bonds. The summed E-state index contributed by atoms with van der Waals surface area (Å²) in [5.74, 6) is 0.612. The van der Waals surface area contributed by atoms with Crippen LogP contribution < -0.4 is 4.74 Å². The number of hydrogen-bond acceptors (Lipinski definition) is 4. The summed E-state index contributed by atoms with van der Waals surface area (Å²) in [4.78, 5) is 19.7. The number of carbonyl (C=O) groups is 1. The van der Waals surface area contributed by atoms with Gasteiger partial charge in [-0.2, -0.15) is 0 Å². The second-order valence-electron chi connectivity index (χ2n) is 4.89. The lowest BCUT2D eigenvalue weighted by Crippen LogP contribution is -2.10. The molecule has 1 heterocycles. The molecule has 5 nitrogen and oxygen atoms in total. The molecule has 0 saturated carbocycles. The molecular weight excluding hydrogens is 268 g/mol. The van der Waals surface area contributed by atoms with Gasteiger partial charge in [0.25, 0.3) is 0 Å². The van der Waals surface area contributed by atoms with E-state index in [1.165, 1.54) is 0 Å². The molecule has 2 aromatic rings. The van der Waals surface area contributed by atoms with Gasteiger partial charge in [0.1, 0.15) is 11.6 Å². The predicted octanol–water partition coefficient (Wildman–Crippen LogP) is 2.32. The molecule has 0 bridgehead atoms. The first kappa shape index (κ1) is 15.0. The molecule has 1 N–H and O–H groups in total. The maximum Gasteiger partial charge on any atom is 0.307 e. The van der Waals surface area contributed by atoms with Crippen molar-refractivity contribution in [2.24, 2.45) is 0 Å². The van der Waals surface area contributed by atoms with Crippen LogP contribution in [0.5, 0.6) is 5.75 Å². The molecule has 0 aliphatic carbocycles. The van der Waals surface area contributed by atoms with Crippen molar-refractivity contribution in [3.05, 3.63) is 52.6 Å². The van der Waals surface area contributed by atoms with Gasteiger partial charge in [-0.3, -0.25) is 4.79 Å². The number of hydrogen-bond donors (Lipinski definition) is 1. The molecule has 5 heteroatoms. The van der Waals surface area contributed by atoms with Crippen molar-refractivity contribution in [1.82, 2.24) is 9.97 Å². The van der Waals surface area contributed by atoms with Gasteiger partial charge in [0.15, 0.2) is 0 Å². The zero-order valence-corrected chi connectivity index (χ0v) is 12.4. The quantitative estimate of drug-likeness (QED) is 0.913. The molecular formula is C16H18N2O3. The zero-order valence-electron chi connectivity index (χ0n) is 12.4. The number of aromatic nitrogens is 2. The Hall–Kier alpha value is -2.43. The van der Waals surface area contributed by atoms with E-state index in [0.29, 0.717) is 17.8 Å². The first-order chi connectivity index (χ1) is 9.99. The van der Waals surface area contributed by atoms with E-state index in [4.69, 9.17) is 9.84 Å². The Bertz CT molecular complexity index is 645. The lowest BCUT2D eigenvalue weighted by atomic mass is 10.1. The van der Waals surface area contributed by atoms with Crippen LogP contribution in [0, 0.1) is 13.8 Å². The van der Waals surface area contributed by atoms with Gasteiger partial charge in [0.05, 0.1) is 13.5 Å². The number of aryl methyl sites for hydroxylation is 2. The summed E-state index contributed by atoms with van der Waals surface area (Å²) in [6, 6.07) is 7.74. The van der Waals surface area contributed by atoms with Gasteiger partial charge in [0.2, 0.25) is 0 Å². The van der Waals surface area contributed by atoms with E-state index in [-0.39, 0.29) is 6.42 Å². The molecule has 0 saturated heterocycles. The number of carboxylic acid groups (broad SMARTS) is 1. The number of carboxylic acids is 1. The molecule has 1 aromatic carbocycles. The summed E-state index contributed by atoms with van der Waals surface area (Å²) in [5.41, 5.74) is 3.20. The van der Waals surface area contributed by atoms with Gasteiger partial charge >= 0.3 is 5.97 Å². The summed E-state index contributed by atoms with van der Waals surface area (Å²) in [6.45, 7) is 3.64. The lowest BCUT2D eigenvalue weighted by Gasteiger charge is -2.10. The fourth-order valence-electron chi connectivity index (χ4n) is 2.26. The van der Waals surface area contributed by atoms with Crippen LogP contribution in [-0.4, -0.2) is 28.2 Å². The van der Waals surface area contributed by atoms with E-state index in [9.17, 15) is 4.79 Å². The minimum absolute atomic E-state index is 0.0445. The van der Waals surface area contributed by atoms with Crippen molar-refractivity contribution in [3.63, 3.8) is 0 Å². The SMILES string of the molecule is COc1cccc(Cc2nc(C)c(CC(=O)O)c(C)n2)c1. The van der Waals surface area contributed by atoms with Gasteiger partial charge in [-0.25, -0.2) is 9.97 Å². The lowest BCUT2D eigenvalue weighted by molar-refractivity contribution is -0.136. The number of nitrogens with zero attached hydrogens (tertiary/aromatic N) is 2. The van der Waals surface area contributed by atoms with Crippen LogP contribution in [0.2, 0.25) is 0 Å². The maximum absolute atomic E-state index is 10.9. The number of ether oxygens (including phenoxy) is 1. The number of benzene rings is 1. The molecule has 0 atom stereocenters. The second kappa shape index (κ2) is 6.35. The maximum atomic E-state index is 10.9. The highest BCUT2D eigenvalue weighted by molar-refractivity contribution is 5.70. The number of rotatable bonds is 5. The number of methoxy groups -OCH3 is 1. The Morgan fingerprint density at radius 1 is 1.24 bits per heavy atom. The van der Waals surface area contributed by atoms with E-state index in [2.05, 4.69) is 9.97 Å². The van der Waals surface area contributed by atoms with Crippen molar-refractivity contribution in [1.29, 1.82) is 0 Å². The third-order valence-corrected chi connectivity index (χ3v) is 3.29. The van der Waals surface area contributed by atoms with Crippen LogP contribution in [0.15, 0.2) is 24.3 Å². The standard InChI is InChI=1S/C16H18N2O3/c1-10-14(9-16(19)20)11(2)18-15(17-10)8-12-5-4-6-13(7-12)21-3/h4-7H,8-9H2,1-3H3,(H,19,20). The van der Waals surface area contributed by atoms with Crippen molar-refractivity contribution in [2.45, 2.75) is 26.7 Å². The molecule has 1 aromatic heterocycles. The van der Waals surface area contributed by atoms with Gasteiger partial charge < -0.3 is 9.84 Å². The largest absolute Gasteiger partial charge is 0.497 e. The van der Waals surface area contributed by atoms with E-state index in [1.807, 2.05) is 38.1 Å².